The zero-order chi connectivity index (χ0) is 18.8. The molecule has 1 aromatic carbocycles. The van der Waals surface area contributed by atoms with E-state index < -0.39 is 0 Å². The maximum absolute atomic E-state index is 10.5. The monoisotopic (exact) mass is 369 g/mol. The molecule has 1 aliphatic carbocycles. The predicted octanol–water partition coefficient (Wildman–Crippen LogP) is 4.11. The number of benzene rings is 1. The summed E-state index contributed by atoms with van der Waals surface area (Å²) >= 11 is 0. The van der Waals surface area contributed by atoms with Crippen molar-refractivity contribution in [3.8, 4) is 11.5 Å². The van der Waals surface area contributed by atoms with E-state index in [1.807, 2.05) is 12.1 Å². The van der Waals surface area contributed by atoms with Gasteiger partial charge in [-0.25, -0.2) is 0 Å². The fourth-order valence-corrected chi connectivity index (χ4v) is 4.32. The molecule has 2 aromatic rings. The first-order valence-electron chi connectivity index (χ1n) is 10.4. The van der Waals surface area contributed by atoms with Crippen molar-refractivity contribution >= 4 is 16.6 Å². The van der Waals surface area contributed by atoms with Gasteiger partial charge in [0.05, 0.1) is 12.1 Å². The Morgan fingerprint density at radius 3 is 2.78 bits per heavy atom. The topological polar surface area (TPSA) is 57.6 Å². The Morgan fingerprint density at radius 2 is 2.00 bits per heavy atom. The van der Waals surface area contributed by atoms with Crippen molar-refractivity contribution in [2.75, 3.05) is 31.6 Å². The van der Waals surface area contributed by atoms with Gasteiger partial charge in [-0.2, -0.15) is 0 Å². The van der Waals surface area contributed by atoms with Gasteiger partial charge in [-0.1, -0.05) is 0 Å². The number of aryl methyl sites for hydroxylation is 1. The number of ether oxygens (including phenoxy) is 1. The molecule has 0 atom stereocenters. The number of aromatic nitrogens is 1. The summed E-state index contributed by atoms with van der Waals surface area (Å²) in [5.74, 6) is 0.750. The van der Waals surface area contributed by atoms with E-state index in [1.54, 1.807) is 0 Å². The quantitative estimate of drug-likeness (QED) is 0.719. The Morgan fingerprint density at radius 1 is 1.19 bits per heavy atom. The second kappa shape index (κ2) is 7.93. The molecule has 1 aliphatic heterocycles. The highest BCUT2D eigenvalue weighted by molar-refractivity contribution is 5.96. The fraction of sp³-hybridized carbons (Fsp3) is 0.591. The van der Waals surface area contributed by atoms with E-state index in [0.717, 1.165) is 48.8 Å². The second-order valence-electron chi connectivity index (χ2n) is 8.15. The van der Waals surface area contributed by atoms with E-state index in [0.29, 0.717) is 18.4 Å². The lowest BCUT2D eigenvalue weighted by molar-refractivity contribution is 0.256. The Balaban J connectivity index is 1.54. The zero-order valence-electron chi connectivity index (χ0n) is 16.6. The Labute approximate surface area is 161 Å². The van der Waals surface area contributed by atoms with Crippen molar-refractivity contribution in [2.24, 2.45) is 0 Å². The van der Waals surface area contributed by atoms with Crippen LogP contribution in [-0.2, 0) is 12.8 Å². The van der Waals surface area contributed by atoms with Crippen LogP contribution in [0, 0.1) is 0 Å². The van der Waals surface area contributed by atoms with Crippen LogP contribution in [0.15, 0.2) is 12.1 Å². The maximum Gasteiger partial charge on any atom is 0.163 e. The number of rotatable bonds is 7. The third-order valence-corrected chi connectivity index (χ3v) is 5.60. The number of aromatic hydroxyl groups is 1. The molecule has 5 nitrogen and oxygen atoms in total. The van der Waals surface area contributed by atoms with Crippen molar-refractivity contribution in [3.63, 3.8) is 0 Å². The molecule has 0 spiro atoms. The fourth-order valence-electron chi connectivity index (χ4n) is 4.32. The number of hydrogen-bond acceptors (Lipinski definition) is 5. The molecule has 2 N–H and O–H groups in total. The molecule has 1 fully saturated rings. The lowest BCUT2D eigenvalue weighted by Gasteiger charge is -2.18. The van der Waals surface area contributed by atoms with Crippen LogP contribution in [0.4, 0.5) is 5.69 Å². The molecule has 4 rings (SSSR count). The lowest BCUT2D eigenvalue weighted by atomic mass is 10.1. The highest BCUT2D eigenvalue weighted by Crippen LogP contribution is 2.39. The first-order chi connectivity index (χ1) is 13.1. The highest BCUT2D eigenvalue weighted by Gasteiger charge is 2.21. The molecule has 0 radical (unpaired) electrons. The number of nitrogens with one attached hydrogen (secondary N) is 1. The van der Waals surface area contributed by atoms with Crippen LogP contribution >= 0.6 is 0 Å². The average Bonchev–Trinajstić information content (AvgIpc) is 3.30. The van der Waals surface area contributed by atoms with Crippen LogP contribution in [0.3, 0.4) is 0 Å². The smallest absolute Gasteiger partial charge is 0.163 e. The summed E-state index contributed by atoms with van der Waals surface area (Å²) in [6.07, 6.45) is 6.85. The summed E-state index contributed by atoms with van der Waals surface area (Å²) < 4.78 is 5.91. The summed E-state index contributed by atoms with van der Waals surface area (Å²) in [5, 5.41) is 15.1. The number of nitrogens with zero attached hydrogens (tertiary/aromatic N) is 2. The van der Waals surface area contributed by atoms with Gasteiger partial charge in [-0.05, 0) is 77.1 Å². The minimum absolute atomic E-state index is 0.204. The number of anilines is 1. The SMILES string of the molecule is CC(C)Nc1c2c(nc3cc(OCCCN4CCCC4)c(O)cc13)CCC2. The molecular formula is C22H31N3O2. The summed E-state index contributed by atoms with van der Waals surface area (Å²) in [5.41, 5.74) is 4.55. The van der Waals surface area contributed by atoms with Crippen LogP contribution in [0.25, 0.3) is 10.9 Å². The van der Waals surface area contributed by atoms with Crippen LogP contribution in [0.5, 0.6) is 11.5 Å². The number of phenols is 1. The molecule has 1 saturated heterocycles. The van der Waals surface area contributed by atoms with Gasteiger partial charge >= 0.3 is 0 Å². The van der Waals surface area contributed by atoms with Gasteiger partial charge in [0.25, 0.3) is 0 Å². The Kier molecular flexibility index (Phi) is 5.39. The third-order valence-electron chi connectivity index (χ3n) is 5.60. The van der Waals surface area contributed by atoms with E-state index >= 15 is 0 Å². The second-order valence-corrected chi connectivity index (χ2v) is 8.15. The molecule has 27 heavy (non-hydrogen) atoms. The lowest BCUT2D eigenvalue weighted by Crippen LogP contribution is -2.21. The normalized spacial score (nSPS) is 17.0. The standard InChI is InChI=1S/C22H31N3O2/c1-15(2)23-22-16-7-5-8-18(16)24-19-14-21(20(26)13-17(19)22)27-12-6-11-25-9-3-4-10-25/h13-15,26H,3-12H2,1-2H3,(H,23,24). The predicted molar refractivity (Wildman–Crippen MR) is 110 cm³/mol. The minimum atomic E-state index is 0.204. The molecule has 2 heterocycles. The molecule has 1 aromatic heterocycles. The van der Waals surface area contributed by atoms with Gasteiger partial charge in [0, 0.05) is 35.4 Å². The van der Waals surface area contributed by atoms with Gasteiger partial charge in [0.15, 0.2) is 11.5 Å². The zero-order valence-corrected chi connectivity index (χ0v) is 16.6. The first-order valence-corrected chi connectivity index (χ1v) is 10.4. The molecular weight excluding hydrogens is 338 g/mol. The molecule has 0 saturated carbocycles. The van der Waals surface area contributed by atoms with E-state index in [-0.39, 0.29) is 5.75 Å². The molecule has 0 amide bonds. The molecule has 2 aliphatic rings. The van der Waals surface area contributed by atoms with E-state index in [4.69, 9.17) is 9.72 Å². The average molecular weight is 370 g/mol. The highest BCUT2D eigenvalue weighted by atomic mass is 16.5. The summed E-state index contributed by atoms with van der Waals surface area (Å²) in [7, 11) is 0. The maximum atomic E-state index is 10.5. The molecule has 146 valence electrons. The first kappa shape index (κ1) is 18.4. The van der Waals surface area contributed by atoms with Crippen molar-refractivity contribution < 1.29 is 9.84 Å². The Bertz CT molecular complexity index is 813. The van der Waals surface area contributed by atoms with E-state index in [9.17, 15) is 5.11 Å². The number of pyridine rings is 1. The Hall–Kier alpha value is -2.01. The van der Waals surface area contributed by atoms with Gasteiger partial charge in [0.1, 0.15) is 0 Å². The van der Waals surface area contributed by atoms with E-state index in [2.05, 4.69) is 24.1 Å². The van der Waals surface area contributed by atoms with Gasteiger partial charge in [-0.15, -0.1) is 0 Å². The van der Waals surface area contributed by atoms with Crippen molar-refractivity contribution in [3.05, 3.63) is 23.4 Å². The van der Waals surface area contributed by atoms with Crippen LogP contribution < -0.4 is 10.1 Å². The summed E-state index contributed by atoms with van der Waals surface area (Å²) in [4.78, 5) is 7.36. The van der Waals surface area contributed by atoms with E-state index in [1.165, 1.54) is 37.2 Å². The van der Waals surface area contributed by atoms with Crippen LogP contribution in [0.2, 0.25) is 0 Å². The number of fused-ring (bicyclic) bond motifs is 2. The number of phenolic OH excluding ortho intramolecular Hbond substituents is 1. The molecule has 0 unspecified atom stereocenters. The largest absolute Gasteiger partial charge is 0.504 e. The summed E-state index contributed by atoms with van der Waals surface area (Å²) in [6.45, 7) is 8.40. The van der Waals surface area contributed by atoms with Crippen molar-refractivity contribution in [1.82, 2.24) is 9.88 Å². The van der Waals surface area contributed by atoms with Crippen LogP contribution in [0.1, 0.15) is 50.8 Å². The molecule has 5 heteroatoms. The summed E-state index contributed by atoms with van der Waals surface area (Å²) in [6, 6.07) is 4.07. The van der Waals surface area contributed by atoms with Gasteiger partial charge in [-0.3, -0.25) is 4.98 Å². The number of hydrogen-bond donors (Lipinski definition) is 2. The number of likely N-dealkylation sites (tertiary alicyclic amines) is 1. The van der Waals surface area contributed by atoms with Crippen LogP contribution in [-0.4, -0.2) is 47.3 Å². The minimum Gasteiger partial charge on any atom is -0.504 e. The van der Waals surface area contributed by atoms with Crippen molar-refractivity contribution in [2.45, 2.75) is 58.4 Å². The molecule has 0 bridgehead atoms. The third kappa shape index (κ3) is 3.98. The van der Waals surface area contributed by atoms with Gasteiger partial charge in [0.2, 0.25) is 0 Å². The van der Waals surface area contributed by atoms with Gasteiger partial charge < -0.3 is 20.1 Å². The van der Waals surface area contributed by atoms with Crippen molar-refractivity contribution in [1.29, 1.82) is 0 Å².